The fourth-order valence-electron chi connectivity index (χ4n) is 1.52. The zero-order chi connectivity index (χ0) is 13.9. The van der Waals surface area contributed by atoms with E-state index >= 15 is 0 Å². The van der Waals surface area contributed by atoms with E-state index in [1.807, 2.05) is 45.0 Å². The van der Waals surface area contributed by atoms with Gasteiger partial charge in [-0.05, 0) is 38.5 Å². The van der Waals surface area contributed by atoms with Crippen LogP contribution in [-0.4, -0.2) is 11.6 Å². The Morgan fingerprint density at radius 1 is 1.28 bits per heavy atom. The molecule has 0 aromatic heterocycles. The standard InChI is InChI=1S/C14H20BrNO2/c1-9(13(17)18-14(2,3)4)12(16)10-5-7-11(15)8-6-10/h5-9,12H,16H2,1-4H3. The Bertz CT molecular complexity index is 409. The summed E-state index contributed by atoms with van der Waals surface area (Å²) in [5, 5.41) is 0. The first kappa shape index (κ1) is 15.2. The second kappa shape index (κ2) is 5.85. The second-order valence-electron chi connectivity index (χ2n) is 5.40. The van der Waals surface area contributed by atoms with Crippen LogP contribution in [0.5, 0.6) is 0 Å². The maximum atomic E-state index is 11.9. The molecule has 1 aromatic rings. The Balaban J connectivity index is 2.74. The van der Waals surface area contributed by atoms with Gasteiger partial charge in [0.25, 0.3) is 0 Å². The molecule has 3 nitrogen and oxygen atoms in total. The topological polar surface area (TPSA) is 52.3 Å². The number of benzene rings is 1. The minimum Gasteiger partial charge on any atom is -0.460 e. The Morgan fingerprint density at radius 3 is 2.22 bits per heavy atom. The van der Waals surface area contributed by atoms with Crippen LogP contribution < -0.4 is 5.73 Å². The van der Waals surface area contributed by atoms with Crippen molar-refractivity contribution in [2.45, 2.75) is 39.3 Å². The second-order valence-corrected chi connectivity index (χ2v) is 6.32. The first-order valence-corrected chi connectivity index (χ1v) is 6.74. The van der Waals surface area contributed by atoms with Crippen molar-refractivity contribution in [3.05, 3.63) is 34.3 Å². The van der Waals surface area contributed by atoms with E-state index in [9.17, 15) is 4.79 Å². The smallest absolute Gasteiger partial charge is 0.311 e. The van der Waals surface area contributed by atoms with E-state index in [4.69, 9.17) is 10.5 Å². The van der Waals surface area contributed by atoms with Gasteiger partial charge in [0.15, 0.2) is 0 Å². The quantitative estimate of drug-likeness (QED) is 0.870. The summed E-state index contributed by atoms with van der Waals surface area (Å²) in [5.41, 5.74) is 6.54. The lowest BCUT2D eigenvalue weighted by Crippen LogP contribution is -2.33. The number of nitrogens with two attached hydrogens (primary N) is 1. The number of carbonyl (C=O) groups excluding carboxylic acids is 1. The predicted octanol–water partition coefficient (Wildman–Crippen LogP) is 3.43. The molecule has 0 saturated heterocycles. The molecule has 4 heteroatoms. The molecular formula is C14H20BrNO2. The third kappa shape index (κ3) is 4.42. The van der Waals surface area contributed by atoms with Gasteiger partial charge >= 0.3 is 5.97 Å². The summed E-state index contributed by atoms with van der Waals surface area (Å²) >= 11 is 3.37. The lowest BCUT2D eigenvalue weighted by Gasteiger charge is -2.25. The Kier molecular flexibility index (Phi) is 4.93. The molecule has 0 aliphatic heterocycles. The Hall–Kier alpha value is -0.870. The van der Waals surface area contributed by atoms with Crippen LogP contribution in [0, 0.1) is 5.92 Å². The SMILES string of the molecule is CC(C(=O)OC(C)(C)C)C(N)c1ccc(Br)cc1. The average molecular weight is 314 g/mol. The highest BCUT2D eigenvalue weighted by molar-refractivity contribution is 9.10. The zero-order valence-corrected chi connectivity index (χ0v) is 12.8. The van der Waals surface area contributed by atoms with Gasteiger partial charge in [-0.2, -0.15) is 0 Å². The molecule has 1 aromatic carbocycles. The maximum absolute atomic E-state index is 11.9. The summed E-state index contributed by atoms with van der Waals surface area (Å²) < 4.78 is 6.33. The molecule has 2 atom stereocenters. The lowest BCUT2D eigenvalue weighted by molar-refractivity contribution is -0.160. The number of hydrogen-bond acceptors (Lipinski definition) is 3. The maximum Gasteiger partial charge on any atom is 0.311 e. The largest absolute Gasteiger partial charge is 0.460 e. The minimum atomic E-state index is -0.481. The van der Waals surface area contributed by atoms with E-state index in [0.717, 1.165) is 10.0 Å². The van der Waals surface area contributed by atoms with Gasteiger partial charge < -0.3 is 10.5 Å². The molecule has 0 amide bonds. The van der Waals surface area contributed by atoms with Crippen molar-refractivity contribution in [3.63, 3.8) is 0 Å². The molecule has 0 fully saturated rings. The van der Waals surface area contributed by atoms with Crippen molar-refractivity contribution in [2.75, 3.05) is 0 Å². The summed E-state index contributed by atoms with van der Waals surface area (Å²) in [5.74, 6) is -0.636. The van der Waals surface area contributed by atoms with Crippen LogP contribution in [0.25, 0.3) is 0 Å². The molecule has 100 valence electrons. The monoisotopic (exact) mass is 313 g/mol. The highest BCUT2D eigenvalue weighted by Gasteiger charge is 2.27. The van der Waals surface area contributed by atoms with Gasteiger partial charge in [0, 0.05) is 10.5 Å². The fourth-order valence-corrected chi connectivity index (χ4v) is 1.78. The van der Waals surface area contributed by atoms with Crippen molar-refractivity contribution in [2.24, 2.45) is 11.7 Å². The molecule has 0 saturated carbocycles. The molecule has 2 N–H and O–H groups in total. The molecule has 18 heavy (non-hydrogen) atoms. The van der Waals surface area contributed by atoms with Gasteiger partial charge in [0.2, 0.25) is 0 Å². The van der Waals surface area contributed by atoms with Crippen LogP contribution in [0.3, 0.4) is 0 Å². The van der Waals surface area contributed by atoms with Crippen LogP contribution in [-0.2, 0) is 9.53 Å². The highest BCUT2D eigenvalue weighted by Crippen LogP contribution is 2.23. The fraction of sp³-hybridized carbons (Fsp3) is 0.500. The summed E-state index contributed by atoms with van der Waals surface area (Å²) in [4.78, 5) is 11.9. The summed E-state index contributed by atoms with van der Waals surface area (Å²) in [6.45, 7) is 7.34. The average Bonchev–Trinajstić information content (AvgIpc) is 2.26. The van der Waals surface area contributed by atoms with E-state index in [-0.39, 0.29) is 17.9 Å². The third-order valence-corrected chi connectivity index (χ3v) is 3.10. The summed E-state index contributed by atoms with van der Waals surface area (Å²) in [7, 11) is 0. The zero-order valence-electron chi connectivity index (χ0n) is 11.2. The molecule has 0 aliphatic carbocycles. The van der Waals surface area contributed by atoms with E-state index in [1.54, 1.807) is 6.92 Å². The molecular weight excluding hydrogens is 294 g/mol. The Morgan fingerprint density at radius 2 is 1.78 bits per heavy atom. The highest BCUT2D eigenvalue weighted by atomic mass is 79.9. The van der Waals surface area contributed by atoms with Crippen molar-refractivity contribution >= 4 is 21.9 Å². The molecule has 0 spiro atoms. The predicted molar refractivity (Wildman–Crippen MR) is 76.1 cm³/mol. The van der Waals surface area contributed by atoms with Gasteiger partial charge in [-0.15, -0.1) is 0 Å². The van der Waals surface area contributed by atoms with Crippen LogP contribution in [0.15, 0.2) is 28.7 Å². The van der Waals surface area contributed by atoms with Gasteiger partial charge in [-0.1, -0.05) is 35.0 Å². The van der Waals surface area contributed by atoms with Crippen molar-refractivity contribution in [1.29, 1.82) is 0 Å². The van der Waals surface area contributed by atoms with Crippen LogP contribution in [0.4, 0.5) is 0 Å². The Labute approximate surface area is 117 Å². The number of rotatable bonds is 3. The van der Waals surface area contributed by atoms with E-state index < -0.39 is 5.60 Å². The van der Waals surface area contributed by atoms with Gasteiger partial charge in [0.1, 0.15) is 5.60 Å². The van der Waals surface area contributed by atoms with Gasteiger partial charge in [-0.25, -0.2) is 0 Å². The number of hydrogen-bond donors (Lipinski definition) is 1. The minimum absolute atomic E-state index is 0.266. The third-order valence-electron chi connectivity index (χ3n) is 2.57. The molecule has 0 bridgehead atoms. The van der Waals surface area contributed by atoms with Crippen LogP contribution >= 0.6 is 15.9 Å². The first-order valence-electron chi connectivity index (χ1n) is 5.94. The molecule has 0 radical (unpaired) electrons. The lowest BCUT2D eigenvalue weighted by atomic mass is 9.95. The molecule has 0 aliphatic rings. The molecule has 1 rings (SSSR count). The molecule has 2 unspecified atom stereocenters. The van der Waals surface area contributed by atoms with Crippen LogP contribution in [0.2, 0.25) is 0 Å². The number of ether oxygens (including phenoxy) is 1. The number of esters is 1. The normalized spacial score (nSPS) is 15.0. The van der Waals surface area contributed by atoms with E-state index in [0.29, 0.717) is 0 Å². The number of carbonyl (C=O) groups is 1. The van der Waals surface area contributed by atoms with E-state index in [1.165, 1.54) is 0 Å². The van der Waals surface area contributed by atoms with Crippen LogP contribution in [0.1, 0.15) is 39.3 Å². The summed E-state index contributed by atoms with van der Waals surface area (Å²) in [6.07, 6.45) is 0. The number of halogens is 1. The van der Waals surface area contributed by atoms with Gasteiger partial charge in [-0.3, -0.25) is 4.79 Å². The van der Waals surface area contributed by atoms with Gasteiger partial charge in [0.05, 0.1) is 5.92 Å². The molecule has 0 heterocycles. The van der Waals surface area contributed by atoms with Crippen molar-refractivity contribution in [1.82, 2.24) is 0 Å². The summed E-state index contributed by atoms with van der Waals surface area (Å²) in [6, 6.07) is 7.30. The van der Waals surface area contributed by atoms with E-state index in [2.05, 4.69) is 15.9 Å². The van der Waals surface area contributed by atoms with Crippen molar-refractivity contribution < 1.29 is 9.53 Å². The first-order chi connectivity index (χ1) is 8.20. The van der Waals surface area contributed by atoms with Crippen molar-refractivity contribution in [3.8, 4) is 0 Å².